The van der Waals surface area contributed by atoms with Gasteiger partial charge in [0, 0.05) is 12.5 Å². The summed E-state index contributed by atoms with van der Waals surface area (Å²) < 4.78 is 0. The average Bonchev–Trinajstić information content (AvgIpc) is 2.17. The summed E-state index contributed by atoms with van der Waals surface area (Å²) in [4.78, 5) is 12.8. The van der Waals surface area contributed by atoms with E-state index in [2.05, 4.69) is 0 Å². The molecule has 3 nitrogen and oxygen atoms in total. The zero-order chi connectivity index (χ0) is 11.3. The SMILES string of the molecule is CN(C)C[C@@H](CC(=O)O)c1ccccc1. The van der Waals surface area contributed by atoms with Crippen LogP contribution in [0.1, 0.15) is 17.9 Å². The van der Waals surface area contributed by atoms with E-state index in [1.54, 1.807) is 0 Å². The van der Waals surface area contributed by atoms with E-state index in [-0.39, 0.29) is 12.3 Å². The molecular weight excluding hydrogens is 190 g/mol. The zero-order valence-corrected chi connectivity index (χ0v) is 9.18. The molecule has 0 amide bonds. The first-order chi connectivity index (χ1) is 7.09. The van der Waals surface area contributed by atoms with Crippen LogP contribution in [0.2, 0.25) is 0 Å². The smallest absolute Gasteiger partial charge is 0.304 e. The lowest BCUT2D eigenvalue weighted by Gasteiger charge is -2.19. The average molecular weight is 207 g/mol. The fraction of sp³-hybridized carbons (Fsp3) is 0.417. The molecular formula is C12H17NO2. The van der Waals surface area contributed by atoms with E-state index >= 15 is 0 Å². The number of carbonyl (C=O) groups is 1. The van der Waals surface area contributed by atoms with Crippen LogP contribution in [0.3, 0.4) is 0 Å². The number of carboxylic acid groups (broad SMARTS) is 1. The van der Waals surface area contributed by atoms with Gasteiger partial charge in [-0.1, -0.05) is 30.3 Å². The Morgan fingerprint density at radius 2 is 1.93 bits per heavy atom. The number of rotatable bonds is 5. The van der Waals surface area contributed by atoms with Gasteiger partial charge in [-0.2, -0.15) is 0 Å². The number of carboxylic acids is 1. The molecule has 82 valence electrons. The van der Waals surface area contributed by atoms with Crippen LogP contribution in [0.4, 0.5) is 0 Å². The Morgan fingerprint density at radius 1 is 1.33 bits per heavy atom. The number of aliphatic carboxylic acids is 1. The highest BCUT2D eigenvalue weighted by molar-refractivity contribution is 5.68. The van der Waals surface area contributed by atoms with Crippen molar-refractivity contribution in [3.05, 3.63) is 35.9 Å². The quantitative estimate of drug-likeness (QED) is 0.800. The second kappa shape index (κ2) is 5.51. The maximum atomic E-state index is 10.7. The lowest BCUT2D eigenvalue weighted by atomic mass is 9.95. The third-order valence-electron chi connectivity index (χ3n) is 2.28. The largest absolute Gasteiger partial charge is 0.481 e. The van der Waals surface area contributed by atoms with E-state index in [1.165, 1.54) is 0 Å². The molecule has 0 saturated carbocycles. The molecule has 0 radical (unpaired) electrons. The monoisotopic (exact) mass is 207 g/mol. The van der Waals surface area contributed by atoms with Gasteiger partial charge in [0.05, 0.1) is 6.42 Å². The van der Waals surface area contributed by atoms with Crippen molar-refractivity contribution in [3.8, 4) is 0 Å². The third kappa shape index (κ3) is 4.13. The first-order valence-corrected chi connectivity index (χ1v) is 5.01. The maximum absolute atomic E-state index is 10.7. The summed E-state index contributed by atoms with van der Waals surface area (Å²) in [6.45, 7) is 0.760. The van der Waals surface area contributed by atoms with Crippen molar-refractivity contribution >= 4 is 5.97 Å². The molecule has 0 aliphatic heterocycles. The second-order valence-electron chi connectivity index (χ2n) is 3.97. The molecule has 1 aromatic carbocycles. The first-order valence-electron chi connectivity index (χ1n) is 5.01. The van der Waals surface area contributed by atoms with Crippen molar-refractivity contribution in [2.45, 2.75) is 12.3 Å². The fourth-order valence-corrected chi connectivity index (χ4v) is 1.66. The van der Waals surface area contributed by atoms with Gasteiger partial charge in [0.1, 0.15) is 0 Å². The van der Waals surface area contributed by atoms with Gasteiger partial charge in [0.25, 0.3) is 0 Å². The van der Waals surface area contributed by atoms with E-state index in [4.69, 9.17) is 5.11 Å². The molecule has 15 heavy (non-hydrogen) atoms. The molecule has 0 spiro atoms. The van der Waals surface area contributed by atoms with E-state index in [1.807, 2.05) is 49.3 Å². The number of hydrogen-bond acceptors (Lipinski definition) is 2. The fourth-order valence-electron chi connectivity index (χ4n) is 1.66. The van der Waals surface area contributed by atoms with Gasteiger partial charge < -0.3 is 10.0 Å². The molecule has 1 aromatic rings. The van der Waals surface area contributed by atoms with Gasteiger partial charge >= 0.3 is 5.97 Å². The number of hydrogen-bond donors (Lipinski definition) is 1. The Balaban J connectivity index is 2.76. The lowest BCUT2D eigenvalue weighted by molar-refractivity contribution is -0.137. The lowest BCUT2D eigenvalue weighted by Crippen LogP contribution is -2.22. The van der Waals surface area contributed by atoms with Crippen molar-refractivity contribution in [3.63, 3.8) is 0 Å². The van der Waals surface area contributed by atoms with Crippen LogP contribution in [0.15, 0.2) is 30.3 Å². The minimum absolute atomic E-state index is 0.0682. The van der Waals surface area contributed by atoms with Gasteiger partial charge in [-0.05, 0) is 19.7 Å². The molecule has 0 aliphatic rings. The van der Waals surface area contributed by atoms with Crippen molar-refractivity contribution in [1.29, 1.82) is 0 Å². The summed E-state index contributed by atoms with van der Waals surface area (Å²) in [5.74, 6) is -0.676. The Labute approximate surface area is 90.3 Å². The number of benzene rings is 1. The molecule has 1 N–H and O–H groups in total. The molecule has 0 fully saturated rings. The predicted molar refractivity (Wildman–Crippen MR) is 60.0 cm³/mol. The molecule has 0 bridgehead atoms. The van der Waals surface area contributed by atoms with Crippen LogP contribution in [0.25, 0.3) is 0 Å². The Bertz CT molecular complexity index is 309. The van der Waals surface area contributed by atoms with Gasteiger partial charge in [0.2, 0.25) is 0 Å². The Hall–Kier alpha value is -1.35. The van der Waals surface area contributed by atoms with Gasteiger partial charge in [-0.15, -0.1) is 0 Å². The second-order valence-corrected chi connectivity index (χ2v) is 3.97. The molecule has 0 aliphatic carbocycles. The summed E-state index contributed by atoms with van der Waals surface area (Å²) in [6, 6.07) is 9.80. The molecule has 0 aromatic heterocycles. The Morgan fingerprint density at radius 3 is 2.40 bits per heavy atom. The minimum atomic E-state index is -0.745. The Kier molecular flexibility index (Phi) is 4.31. The van der Waals surface area contributed by atoms with Gasteiger partial charge in [0.15, 0.2) is 0 Å². The van der Waals surface area contributed by atoms with Crippen LogP contribution in [-0.2, 0) is 4.79 Å². The number of likely N-dealkylation sites (N-methyl/N-ethyl adjacent to an activating group) is 1. The van der Waals surface area contributed by atoms with Crippen molar-refractivity contribution in [1.82, 2.24) is 4.90 Å². The summed E-state index contributed by atoms with van der Waals surface area (Å²) in [7, 11) is 3.91. The molecule has 0 unspecified atom stereocenters. The topological polar surface area (TPSA) is 40.5 Å². The highest BCUT2D eigenvalue weighted by atomic mass is 16.4. The summed E-state index contributed by atoms with van der Waals surface area (Å²) in [6.07, 6.45) is 0.183. The highest BCUT2D eigenvalue weighted by Gasteiger charge is 2.15. The van der Waals surface area contributed by atoms with E-state index in [0.717, 1.165) is 12.1 Å². The van der Waals surface area contributed by atoms with Gasteiger partial charge in [-0.3, -0.25) is 4.79 Å². The molecule has 0 saturated heterocycles. The van der Waals surface area contributed by atoms with Crippen molar-refractivity contribution in [2.75, 3.05) is 20.6 Å². The van der Waals surface area contributed by atoms with Crippen LogP contribution < -0.4 is 0 Å². The first kappa shape index (κ1) is 11.7. The summed E-state index contributed by atoms with van der Waals surface area (Å²) in [5.41, 5.74) is 1.09. The summed E-state index contributed by atoms with van der Waals surface area (Å²) in [5, 5.41) is 8.84. The standard InChI is InChI=1S/C12H17NO2/c1-13(2)9-11(8-12(14)15)10-6-4-3-5-7-10/h3-7,11H,8-9H2,1-2H3,(H,14,15)/t11-/m1/s1. The van der Waals surface area contributed by atoms with E-state index < -0.39 is 5.97 Å². The minimum Gasteiger partial charge on any atom is -0.481 e. The van der Waals surface area contributed by atoms with Crippen LogP contribution in [0, 0.1) is 0 Å². The normalized spacial score (nSPS) is 12.7. The molecule has 0 heterocycles. The van der Waals surface area contributed by atoms with Gasteiger partial charge in [-0.25, -0.2) is 0 Å². The molecule has 1 atom stereocenters. The zero-order valence-electron chi connectivity index (χ0n) is 9.18. The van der Waals surface area contributed by atoms with Crippen LogP contribution >= 0.6 is 0 Å². The third-order valence-corrected chi connectivity index (χ3v) is 2.28. The van der Waals surface area contributed by atoms with Crippen LogP contribution in [0.5, 0.6) is 0 Å². The number of nitrogens with zero attached hydrogens (tertiary/aromatic N) is 1. The van der Waals surface area contributed by atoms with E-state index in [9.17, 15) is 4.79 Å². The van der Waals surface area contributed by atoms with Crippen LogP contribution in [-0.4, -0.2) is 36.6 Å². The van der Waals surface area contributed by atoms with E-state index in [0.29, 0.717) is 0 Å². The van der Waals surface area contributed by atoms with Crippen molar-refractivity contribution in [2.24, 2.45) is 0 Å². The maximum Gasteiger partial charge on any atom is 0.304 e. The van der Waals surface area contributed by atoms with Crippen molar-refractivity contribution < 1.29 is 9.90 Å². The summed E-state index contributed by atoms with van der Waals surface area (Å²) >= 11 is 0. The molecule has 3 heteroatoms. The predicted octanol–water partition coefficient (Wildman–Crippen LogP) is 1.81. The highest BCUT2D eigenvalue weighted by Crippen LogP contribution is 2.19. The molecule has 1 rings (SSSR count).